The molecule has 6 heteroatoms. The number of carbonyl (C=O) groups is 1. The summed E-state index contributed by atoms with van der Waals surface area (Å²) < 4.78 is 4.11. The largest absolute Gasteiger partial charge is 0.367 e. The van der Waals surface area contributed by atoms with Crippen molar-refractivity contribution in [3.8, 4) is 0 Å². The van der Waals surface area contributed by atoms with Crippen molar-refractivity contribution in [2.24, 2.45) is 5.92 Å². The van der Waals surface area contributed by atoms with Gasteiger partial charge in [0.15, 0.2) is 5.78 Å². The summed E-state index contributed by atoms with van der Waals surface area (Å²) in [7, 11) is 0. The second-order valence-electron chi connectivity index (χ2n) is 9.16. The van der Waals surface area contributed by atoms with E-state index in [4.69, 9.17) is 0 Å². The van der Waals surface area contributed by atoms with E-state index in [0.29, 0.717) is 12.5 Å². The topological polar surface area (TPSA) is 64.7 Å². The van der Waals surface area contributed by atoms with E-state index in [1.165, 1.54) is 32.1 Å². The number of imidazole rings is 1. The summed E-state index contributed by atoms with van der Waals surface area (Å²) in [4.78, 5) is 17.0. The Hall–Kier alpha value is -2.11. The highest BCUT2D eigenvalue weighted by atomic mass is 16.1. The van der Waals surface area contributed by atoms with Gasteiger partial charge in [0, 0.05) is 31.4 Å². The monoisotopic (exact) mass is 383 g/mol. The summed E-state index contributed by atoms with van der Waals surface area (Å²) in [6.07, 6.45) is 17.5. The number of unbranched alkanes of at least 4 members (excludes halogenated alkanes) is 1. The van der Waals surface area contributed by atoms with Crippen LogP contribution in [0.4, 0.5) is 5.82 Å². The summed E-state index contributed by atoms with van der Waals surface area (Å²) in [5.74, 6) is 1.88. The van der Waals surface area contributed by atoms with E-state index in [1.807, 2.05) is 17.2 Å². The minimum Gasteiger partial charge on any atom is -0.367 e. The zero-order chi connectivity index (χ0) is 19.6. The van der Waals surface area contributed by atoms with E-state index < -0.39 is 0 Å². The molecular weight excluding hydrogens is 350 g/mol. The van der Waals surface area contributed by atoms with E-state index >= 15 is 0 Å². The van der Waals surface area contributed by atoms with Gasteiger partial charge in [-0.2, -0.15) is 5.10 Å². The van der Waals surface area contributed by atoms with Crippen molar-refractivity contribution in [1.29, 1.82) is 0 Å². The first-order valence-corrected chi connectivity index (χ1v) is 10.9. The Labute approximate surface area is 167 Å². The van der Waals surface area contributed by atoms with Crippen LogP contribution in [0.5, 0.6) is 0 Å². The Balaban J connectivity index is 1.41. The summed E-state index contributed by atoms with van der Waals surface area (Å²) in [6.45, 7) is 5.41. The zero-order valence-corrected chi connectivity index (χ0v) is 17.2. The van der Waals surface area contributed by atoms with Gasteiger partial charge >= 0.3 is 0 Å². The highest BCUT2D eigenvalue weighted by Crippen LogP contribution is 2.40. The van der Waals surface area contributed by atoms with E-state index in [9.17, 15) is 4.79 Å². The molecule has 0 bridgehead atoms. The van der Waals surface area contributed by atoms with Crippen LogP contribution in [0.1, 0.15) is 82.0 Å². The number of aryl methyl sites for hydroxylation is 1. The molecule has 1 aliphatic heterocycles. The number of fused-ring (bicyclic) bond motifs is 1. The molecule has 3 heterocycles. The number of aromatic nitrogens is 4. The average molecular weight is 384 g/mol. The third-order valence-corrected chi connectivity index (χ3v) is 6.53. The lowest BCUT2D eigenvalue weighted by molar-refractivity contribution is 0.0979. The molecule has 0 radical (unpaired) electrons. The minimum atomic E-state index is -0.0529. The van der Waals surface area contributed by atoms with Gasteiger partial charge < -0.3 is 9.88 Å². The Bertz CT molecular complexity index is 786. The van der Waals surface area contributed by atoms with Gasteiger partial charge in [0.25, 0.3) is 0 Å². The van der Waals surface area contributed by atoms with E-state index in [0.717, 1.165) is 43.1 Å². The lowest BCUT2D eigenvalue weighted by Crippen LogP contribution is -2.45. The zero-order valence-electron chi connectivity index (χ0n) is 17.2. The maximum atomic E-state index is 12.9. The van der Waals surface area contributed by atoms with Crippen LogP contribution in [0, 0.1) is 5.92 Å². The Kier molecular flexibility index (Phi) is 5.56. The SMILES string of the molecule is CC1(C)CC(C2CCCCC2)Nc2c(C(=O)CCCCn3ccnc3)cnn21. The fraction of sp³-hybridized carbons (Fsp3) is 0.682. The quantitative estimate of drug-likeness (QED) is 0.559. The van der Waals surface area contributed by atoms with Gasteiger partial charge in [-0.25, -0.2) is 9.67 Å². The number of nitrogens with one attached hydrogen (secondary N) is 1. The molecule has 0 aromatic carbocycles. The van der Waals surface area contributed by atoms with Crippen molar-refractivity contribution in [3.05, 3.63) is 30.5 Å². The molecule has 6 nitrogen and oxygen atoms in total. The third kappa shape index (κ3) is 4.01. The minimum absolute atomic E-state index is 0.0529. The molecule has 1 unspecified atom stereocenters. The van der Waals surface area contributed by atoms with Crippen molar-refractivity contribution in [3.63, 3.8) is 0 Å². The molecular formula is C22H33N5O. The Morgan fingerprint density at radius 1 is 1.25 bits per heavy atom. The highest BCUT2D eigenvalue weighted by Gasteiger charge is 2.39. The lowest BCUT2D eigenvalue weighted by Gasteiger charge is -2.42. The summed E-state index contributed by atoms with van der Waals surface area (Å²) >= 11 is 0. The Morgan fingerprint density at radius 2 is 2.07 bits per heavy atom. The molecule has 2 aromatic heterocycles. The van der Waals surface area contributed by atoms with Crippen molar-refractivity contribution in [2.75, 3.05) is 5.32 Å². The molecule has 1 aliphatic carbocycles. The molecule has 2 aromatic rings. The second-order valence-corrected chi connectivity index (χ2v) is 9.16. The van der Waals surface area contributed by atoms with Gasteiger partial charge in [0.2, 0.25) is 0 Å². The first kappa shape index (κ1) is 19.2. The second kappa shape index (κ2) is 8.10. The van der Waals surface area contributed by atoms with Crippen LogP contribution in [0.15, 0.2) is 24.9 Å². The third-order valence-electron chi connectivity index (χ3n) is 6.53. The number of hydrogen-bond donors (Lipinski definition) is 1. The normalized spacial score (nSPS) is 21.9. The fourth-order valence-electron chi connectivity index (χ4n) is 4.96. The molecule has 1 N–H and O–H groups in total. The Morgan fingerprint density at radius 3 is 2.82 bits per heavy atom. The predicted octanol–water partition coefficient (Wildman–Crippen LogP) is 4.63. The standard InChI is InChI=1S/C22H33N5O/c1-22(2)14-19(17-8-4-3-5-9-17)25-21-18(15-24-27(21)22)20(28)10-6-7-12-26-13-11-23-16-26/h11,13,15-17,19,25H,3-10,12,14H2,1-2H3. The van der Waals surface area contributed by atoms with Crippen LogP contribution in [0.25, 0.3) is 0 Å². The maximum absolute atomic E-state index is 12.9. The van der Waals surface area contributed by atoms with Crippen molar-refractivity contribution >= 4 is 11.6 Å². The first-order chi connectivity index (χ1) is 13.5. The van der Waals surface area contributed by atoms with Crippen LogP contribution in [-0.2, 0) is 12.1 Å². The molecule has 1 atom stereocenters. The van der Waals surface area contributed by atoms with Gasteiger partial charge in [-0.3, -0.25) is 4.79 Å². The lowest BCUT2D eigenvalue weighted by atomic mass is 9.78. The van der Waals surface area contributed by atoms with Crippen LogP contribution in [0.3, 0.4) is 0 Å². The van der Waals surface area contributed by atoms with Gasteiger partial charge in [-0.15, -0.1) is 0 Å². The van der Waals surface area contributed by atoms with Crippen LogP contribution in [-0.4, -0.2) is 31.2 Å². The van der Waals surface area contributed by atoms with Crippen LogP contribution >= 0.6 is 0 Å². The molecule has 4 rings (SSSR count). The van der Waals surface area contributed by atoms with E-state index in [2.05, 4.69) is 33.8 Å². The van der Waals surface area contributed by atoms with Gasteiger partial charge in [-0.1, -0.05) is 19.3 Å². The van der Waals surface area contributed by atoms with Gasteiger partial charge in [-0.05, 0) is 51.9 Å². The molecule has 152 valence electrons. The molecule has 1 fully saturated rings. The smallest absolute Gasteiger partial charge is 0.168 e. The number of Topliss-reactive ketones (excluding diaryl/α,β-unsaturated/α-hetero) is 1. The number of hydrogen-bond acceptors (Lipinski definition) is 4. The maximum Gasteiger partial charge on any atom is 0.168 e. The van der Waals surface area contributed by atoms with Crippen molar-refractivity contribution in [2.45, 2.75) is 89.8 Å². The van der Waals surface area contributed by atoms with E-state index in [1.54, 1.807) is 12.4 Å². The number of nitrogens with zero attached hydrogens (tertiary/aromatic N) is 4. The molecule has 0 saturated heterocycles. The summed E-state index contributed by atoms with van der Waals surface area (Å²) in [5, 5.41) is 8.33. The van der Waals surface area contributed by atoms with Gasteiger partial charge in [0.05, 0.1) is 23.6 Å². The first-order valence-electron chi connectivity index (χ1n) is 10.9. The summed E-state index contributed by atoms with van der Waals surface area (Å²) in [5.41, 5.74) is 0.721. The molecule has 0 amide bonds. The number of rotatable bonds is 7. The van der Waals surface area contributed by atoms with Gasteiger partial charge in [0.1, 0.15) is 5.82 Å². The fourth-order valence-corrected chi connectivity index (χ4v) is 4.96. The number of carbonyl (C=O) groups excluding carboxylic acids is 1. The highest BCUT2D eigenvalue weighted by molar-refractivity contribution is 6.00. The summed E-state index contributed by atoms with van der Waals surface area (Å²) in [6, 6.07) is 0.451. The molecule has 28 heavy (non-hydrogen) atoms. The number of anilines is 1. The van der Waals surface area contributed by atoms with Crippen molar-refractivity contribution in [1.82, 2.24) is 19.3 Å². The molecule has 1 saturated carbocycles. The predicted molar refractivity (Wildman–Crippen MR) is 111 cm³/mol. The molecule has 0 spiro atoms. The number of ketones is 1. The van der Waals surface area contributed by atoms with E-state index in [-0.39, 0.29) is 11.3 Å². The molecule has 2 aliphatic rings. The van der Waals surface area contributed by atoms with Crippen LogP contribution in [0.2, 0.25) is 0 Å². The van der Waals surface area contributed by atoms with Crippen molar-refractivity contribution < 1.29 is 4.79 Å². The van der Waals surface area contributed by atoms with Crippen LogP contribution < -0.4 is 5.32 Å². The average Bonchev–Trinajstić information content (AvgIpc) is 3.35.